The molecule has 0 atom stereocenters. The summed E-state index contributed by atoms with van der Waals surface area (Å²) in [5.41, 5.74) is 6.50. The van der Waals surface area contributed by atoms with Crippen molar-refractivity contribution in [1.29, 1.82) is 0 Å². The fourth-order valence-corrected chi connectivity index (χ4v) is 6.35. The van der Waals surface area contributed by atoms with Crippen LogP contribution in [0.4, 0.5) is 9.80 Å². The number of oxazole rings is 1. The van der Waals surface area contributed by atoms with Gasteiger partial charge in [0.15, 0.2) is 5.78 Å². The van der Waals surface area contributed by atoms with Crippen molar-refractivity contribution in [3.63, 3.8) is 0 Å². The highest BCUT2D eigenvalue weighted by Gasteiger charge is 2.55. The number of anilines is 1. The van der Waals surface area contributed by atoms with Crippen molar-refractivity contribution in [3.05, 3.63) is 53.4 Å². The first-order chi connectivity index (χ1) is 16.9. The van der Waals surface area contributed by atoms with Crippen LogP contribution in [0.1, 0.15) is 34.3 Å². The molecular formula is C25H26N4O5S. The number of nitrogens with two attached hydrogens (primary N) is 1. The fraction of sp³-hybridized carbons (Fsp3) is 0.360. The number of primary amides is 1. The number of para-hydroxylation sites is 1. The Morgan fingerprint density at radius 2 is 2.00 bits per heavy atom. The number of thiophene rings is 1. The molecule has 2 aliphatic rings. The number of fused-ring (bicyclic) bond motifs is 1. The molecule has 0 aliphatic carbocycles. The maximum atomic E-state index is 14.0. The number of ketones is 1. The van der Waals surface area contributed by atoms with E-state index in [2.05, 4.69) is 4.98 Å². The zero-order chi connectivity index (χ0) is 24.7. The number of likely N-dealkylation sites (tertiary alicyclic amines) is 1. The molecule has 2 aromatic heterocycles. The average molecular weight is 495 g/mol. The van der Waals surface area contributed by atoms with Gasteiger partial charge in [-0.15, -0.1) is 11.3 Å². The van der Waals surface area contributed by atoms with Gasteiger partial charge in [0.05, 0.1) is 23.7 Å². The fourth-order valence-electron chi connectivity index (χ4n) is 5.08. The predicted molar refractivity (Wildman–Crippen MR) is 131 cm³/mol. The molecule has 1 fully saturated rings. The standard InChI is InChI=1S/C25H26N4O5S/c1-15-18-20(30)25(8-12-28(13-9-25)24(26)32)23(31)29(11-7-16-5-3-4-6-17(16)33-2)22(18)35-19(15)21-27-10-14-34-21/h3-6,10,14H,7-9,11-13H2,1-2H3,(H2,26,32). The van der Waals surface area contributed by atoms with E-state index in [1.54, 1.807) is 18.2 Å². The summed E-state index contributed by atoms with van der Waals surface area (Å²) in [5.74, 6) is 0.751. The van der Waals surface area contributed by atoms with E-state index in [4.69, 9.17) is 14.9 Å². The van der Waals surface area contributed by atoms with Crippen molar-refractivity contribution in [2.45, 2.75) is 26.2 Å². The SMILES string of the molecule is COc1ccccc1CCN1C(=O)C2(CCN(C(N)=O)CC2)C(=O)c2c1sc(-c1ncco1)c2C. The van der Waals surface area contributed by atoms with Gasteiger partial charge in [-0.25, -0.2) is 9.78 Å². The van der Waals surface area contributed by atoms with Crippen LogP contribution in [0.3, 0.4) is 0 Å². The first-order valence-electron chi connectivity index (χ1n) is 11.4. The van der Waals surface area contributed by atoms with Crippen molar-refractivity contribution in [2.75, 3.05) is 31.6 Å². The van der Waals surface area contributed by atoms with Crippen LogP contribution in [0.15, 0.2) is 41.1 Å². The van der Waals surface area contributed by atoms with E-state index in [9.17, 15) is 14.4 Å². The Kier molecular flexibility index (Phi) is 5.84. The molecule has 2 aliphatic heterocycles. The van der Waals surface area contributed by atoms with E-state index in [1.807, 2.05) is 31.2 Å². The summed E-state index contributed by atoms with van der Waals surface area (Å²) in [6.07, 6.45) is 4.07. The Bertz CT molecular complexity index is 1290. The first-order valence-corrected chi connectivity index (χ1v) is 12.3. The lowest BCUT2D eigenvalue weighted by Gasteiger charge is -2.44. The number of amides is 3. The summed E-state index contributed by atoms with van der Waals surface area (Å²) in [5, 5.41) is 0.614. The number of nitrogens with zero attached hydrogens (tertiary/aromatic N) is 3. The Labute approximate surface area is 206 Å². The largest absolute Gasteiger partial charge is 0.496 e. The Morgan fingerprint density at radius 1 is 1.26 bits per heavy atom. The Balaban J connectivity index is 1.57. The Hall–Kier alpha value is -3.66. The highest BCUT2D eigenvalue weighted by Crippen LogP contribution is 2.51. The third-order valence-corrected chi connectivity index (χ3v) is 8.34. The van der Waals surface area contributed by atoms with Gasteiger partial charge in [0, 0.05) is 19.6 Å². The topological polar surface area (TPSA) is 119 Å². The van der Waals surface area contributed by atoms with Crippen LogP contribution < -0.4 is 15.4 Å². The monoisotopic (exact) mass is 494 g/mol. The molecule has 1 aromatic carbocycles. The molecule has 4 heterocycles. The van der Waals surface area contributed by atoms with Crippen molar-refractivity contribution < 1.29 is 23.5 Å². The predicted octanol–water partition coefficient (Wildman–Crippen LogP) is 3.65. The van der Waals surface area contributed by atoms with E-state index in [0.29, 0.717) is 29.4 Å². The molecule has 3 amide bonds. The van der Waals surface area contributed by atoms with Crippen molar-refractivity contribution >= 4 is 34.1 Å². The average Bonchev–Trinajstić information content (AvgIpc) is 3.51. The molecule has 35 heavy (non-hydrogen) atoms. The zero-order valence-corrected chi connectivity index (χ0v) is 20.4. The molecular weight excluding hydrogens is 468 g/mol. The molecule has 0 saturated carbocycles. The van der Waals surface area contributed by atoms with Crippen LogP contribution in [0.25, 0.3) is 10.8 Å². The lowest BCUT2D eigenvalue weighted by molar-refractivity contribution is -0.128. The third-order valence-electron chi connectivity index (χ3n) is 7.04. The summed E-state index contributed by atoms with van der Waals surface area (Å²) >= 11 is 1.35. The molecule has 5 rings (SSSR count). The minimum atomic E-state index is -1.22. The number of Topliss-reactive ketones (excluding diaryl/α,β-unsaturated/α-hetero) is 1. The van der Waals surface area contributed by atoms with Crippen LogP contribution in [-0.2, 0) is 11.2 Å². The molecule has 9 nitrogen and oxygen atoms in total. The maximum absolute atomic E-state index is 14.0. The molecule has 0 bridgehead atoms. The minimum absolute atomic E-state index is 0.193. The molecule has 3 aromatic rings. The van der Waals surface area contributed by atoms with E-state index in [-0.39, 0.29) is 37.6 Å². The first kappa shape index (κ1) is 23.1. The van der Waals surface area contributed by atoms with E-state index >= 15 is 0 Å². The quantitative estimate of drug-likeness (QED) is 0.541. The van der Waals surface area contributed by atoms with Crippen LogP contribution in [0.2, 0.25) is 0 Å². The van der Waals surface area contributed by atoms with Crippen LogP contribution in [0, 0.1) is 12.3 Å². The van der Waals surface area contributed by atoms with E-state index in [1.165, 1.54) is 22.5 Å². The number of hydrogen-bond donors (Lipinski definition) is 1. The zero-order valence-electron chi connectivity index (χ0n) is 19.6. The van der Waals surface area contributed by atoms with Crippen molar-refractivity contribution in [1.82, 2.24) is 9.88 Å². The van der Waals surface area contributed by atoms with Gasteiger partial charge in [0.25, 0.3) is 0 Å². The molecule has 0 unspecified atom stereocenters. The number of urea groups is 1. The molecule has 10 heteroatoms. The highest BCUT2D eigenvalue weighted by molar-refractivity contribution is 7.20. The van der Waals surface area contributed by atoms with Gasteiger partial charge >= 0.3 is 6.03 Å². The number of carbonyl (C=O) groups excluding carboxylic acids is 3. The molecule has 1 spiro atoms. The number of piperidine rings is 1. The van der Waals surface area contributed by atoms with Gasteiger partial charge in [-0.1, -0.05) is 18.2 Å². The number of rotatable bonds is 5. The second-order valence-electron chi connectivity index (χ2n) is 8.83. The van der Waals surface area contributed by atoms with Gasteiger partial charge in [-0.05, 0) is 43.4 Å². The smallest absolute Gasteiger partial charge is 0.314 e. The van der Waals surface area contributed by atoms with Gasteiger partial charge in [0.1, 0.15) is 22.4 Å². The van der Waals surface area contributed by atoms with Crippen molar-refractivity contribution in [3.8, 4) is 16.5 Å². The summed E-state index contributed by atoms with van der Waals surface area (Å²) in [6.45, 7) is 2.77. The van der Waals surface area contributed by atoms with Crippen LogP contribution in [-0.4, -0.2) is 54.3 Å². The van der Waals surface area contributed by atoms with Gasteiger partial charge in [-0.3, -0.25) is 9.59 Å². The Morgan fingerprint density at radius 3 is 2.66 bits per heavy atom. The van der Waals surface area contributed by atoms with Gasteiger partial charge in [0.2, 0.25) is 11.8 Å². The number of ether oxygens (including phenoxy) is 1. The second-order valence-corrected chi connectivity index (χ2v) is 9.83. The molecule has 2 N–H and O–H groups in total. The number of hydrogen-bond acceptors (Lipinski definition) is 7. The second kappa shape index (κ2) is 8.84. The van der Waals surface area contributed by atoms with E-state index in [0.717, 1.165) is 21.8 Å². The maximum Gasteiger partial charge on any atom is 0.314 e. The lowest BCUT2D eigenvalue weighted by atomic mass is 9.69. The summed E-state index contributed by atoms with van der Waals surface area (Å²) in [6, 6.07) is 7.15. The number of aromatic nitrogens is 1. The van der Waals surface area contributed by atoms with Gasteiger partial charge in [-0.2, -0.15) is 0 Å². The summed E-state index contributed by atoms with van der Waals surface area (Å²) in [7, 11) is 1.62. The van der Waals surface area contributed by atoms with Crippen LogP contribution >= 0.6 is 11.3 Å². The number of benzene rings is 1. The number of carbonyl (C=O) groups is 3. The lowest BCUT2D eigenvalue weighted by Crippen LogP contribution is -2.58. The number of methoxy groups -OCH3 is 1. The third kappa shape index (κ3) is 3.68. The normalized spacial score (nSPS) is 17.1. The van der Waals surface area contributed by atoms with E-state index < -0.39 is 11.4 Å². The van der Waals surface area contributed by atoms with Crippen LogP contribution in [0.5, 0.6) is 5.75 Å². The highest BCUT2D eigenvalue weighted by atomic mass is 32.1. The van der Waals surface area contributed by atoms with Gasteiger partial charge < -0.3 is 24.7 Å². The minimum Gasteiger partial charge on any atom is -0.496 e. The summed E-state index contributed by atoms with van der Waals surface area (Å²) < 4.78 is 11.0. The molecule has 0 radical (unpaired) electrons. The summed E-state index contributed by atoms with van der Waals surface area (Å²) in [4.78, 5) is 47.9. The molecule has 1 saturated heterocycles. The van der Waals surface area contributed by atoms with Crippen molar-refractivity contribution in [2.24, 2.45) is 11.1 Å². The molecule has 182 valence electrons.